The summed E-state index contributed by atoms with van der Waals surface area (Å²) >= 11 is 0. The van der Waals surface area contributed by atoms with E-state index in [2.05, 4.69) is 0 Å². The Morgan fingerprint density at radius 3 is 2.59 bits per heavy atom. The van der Waals surface area contributed by atoms with Crippen LogP contribution in [0.15, 0.2) is 18.2 Å². The zero-order valence-electron chi connectivity index (χ0n) is 12.8. The summed E-state index contributed by atoms with van der Waals surface area (Å²) < 4.78 is 5.90. The lowest BCUT2D eigenvalue weighted by Gasteiger charge is -2.42. The number of phenols is 1. The van der Waals surface area contributed by atoms with E-state index in [4.69, 9.17) is 9.84 Å². The number of phenolic OH excluding ortho intramolecular Hbond substituents is 1. The third-order valence-corrected chi connectivity index (χ3v) is 4.09. The van der Waals surface area contributed by atoms with Crippen LogP contribution in [-0.2, 0) is 9.59 Å². The highest BCUT2D eigenvalue weighted by atomic mass is 16.5. The number of carboxylic acid groups (broad SMARTS) is 1. The van der Waals surface area contributed by atoms with Crippen molar-refractivity contribution in [3.8, 4) is 11.5 Å². The molecule has 0 saturated carbocycles. The van der Waals surface area contributed by atoms with Gasteiger partial charge in [0.15, 0.2) is 5.60 Å². The third kappa shape index (κ3) is 2.86. The average Bonchev–Trinajstić information content (AvgIpc) is 2.49. The SMILES string of the molecule is CCC1(CC)Oc2cc(O)ccc2N(CCCC(=O)O)C1=O. The Labute approximate surface area is 129 Å². The fourth-order valence-electron chi connectivity index (χ4n) is 2.72. The van der Waals surface area contributed by atoms with Gasteiger partial charge in [-0.3, -0.25) is 9.59 Å². The molecule has 1 heterocycles. The first-order chi connectivity index (χ1) is 10.4. The molecule has 2 N–H and O–H groups in total. The van der Waals surface area contributed by atoms with Crippen LogP contribution in [-0.4, -0.2) is 34.2 Å². The molecule has 120 valence electrons. The van der Waals surface area contributed by atoms with Gasteiger partial charge >= 0.3 is 5.97 Å². The van der Waals surface area contributed by atoms with Gasteiger partial charge in [0.25, 0.3) is 5.91 Å². The van der Waals surface area contributed by atoms with E-state index in [1.165, 1.54) is 12.1 Å². The second kappa shape index (κ2) is 6.25. The molecular weight excluding hydrogens is 286 g/mol. The number of hydrogen-bond acceptors (Lipinski definition) is 4. The van der Waals surface area contributed by atoms with Crippen molar-refractivity contribution in [3.63, 3.8) is 0 Å². The van der Waals surface area contributed by atoms with Crippen LogP contribution in [0, 0.1) is 0 Å². The number of aromatic hydroxyl groups is 1. The van der Waals surface area contributed by atoms with E-state index in [1.807, 2.05) is 13.8 Å². The van der Waals surface area contributed by atoms with Gasteiger partial charge in [-0.15, -0.1) is 0 Å². The van der Waals surface area contributed by atoms with Gasteiger partial charge in [-0.2, -0.15) is 0 Å². The van der Waals surface area contributed by atoms with Gasteiger partial charge in [0.2, 0.25) is 0 Å². The summed E-state index contributed by atoms with van der Waals surface area (Å²) in [5.74, 6) is -0.511. The number of hydrogen-bond donors (Lipinski definition) is 2. The van der Waals surface area contributed by atoms with Crippen LogP contribution >= 0.6 is 0 Å². The van der Waals surface area contributed by atoms with Crippen molar-refractivity contribution in [1.82, 2.24) is 0 Å². The molecule has 1 aromatic carbocycles. The number of carboxylic acids is 1. The largest absolute Gasteiger partial charge is 0.508 e. The van der Waals surface area contributed by atoms with Crippen molar-refractivity contribution < 1.29 is 24.5 Å². The van der Waals surface area contributed by atoms with Crippen LogP contribution in [0.4, 0.5) is 5.69 Å². The quantitative estimate of drug-likeness (QED) is 0.843. The van der Waals surface area contributed by atoms with Gasteiger partial charge in [0, 0.05) is 19.0 Å². The van der Waals surface area contributed by atoms with E-state index in [0.717, 1.165) is 0 Å². The Hall–Kier alpha value is -2.24. The first kappa shape index (κ1) is 16.1. The van der Waals surface area contributed by atoms with Crippen molar-refractivity contribution in [3.05, 3.63) is 18.2 Å². The van der Waals surface area contributed by atoms with Crippen molar-refractivity contribution in [2.45, 2.75) is 45.1 Å². The molecule has 22 heavy (non-hydrogen) atoms. The van der Waals surface area contributed by atoms with Crippen LogP contribution in [0.2, 0.25) is 0 Å². The smallest absolute Gasteiger partial charge is 0.303 e. The fraction of sp³-hybridized carbons (Fsp3) is 0.500. The second-order valence-electron chi connectivity index (χ2n) is 5.41. The lowest BCUT2D eigenvalue weighted by molar-refractivity contribution is -0.138. The predicted molar refractivity (Wildman–Crippen MR) is 81.3 cm³/mol. The minimum absolute atomic E-state index is 0.00328. The van der Waals surface area contributed by atoms with E-state index in [-0.39, 0.29) is 18.1 Å². The molecule has 0 radical (unpaired) electrons. The normalized spacial score (nSPS) is 16.1. The number of fused-ring (bicyclic) bond motifs is 1. The molecule has 0 fully saturated rings. The molecule has 1 aliphatic rings. The van der Waals surface area contributed by atoms with Crippen LogP contribution in [0.25, 0.3) is 0 Å². The van der Waals surface area contributed by atoms with Gasteiger partial charge in [-0.1, -0.05) is 13.8 Å². The molecule has 0 atom stereocenters. The van der Waals surface area contributed by atoms with Crippen molar-refractivity contribution in [1.29, 1.82) is 0 Å². The maximum Gasteiger partial charge on any atom is 0.303 e. The monoisotopic (exact) mass is 307 g/mol. The average molecular weight is 307 g/mol. The lowest BCUT2D eigenvalue weighted by Crippen LogP contribution is -2.55. The van der Waals surface area contributed by atoms with E-state index in [9.17, 15) is 14.7 Å². The van der Waals surface area contributed by atoms with Gasteiger partial charge in [-0.25, -0.2) is 0 Å². The molecule has 0 saturated heterocycles. The summed E-state index contributed by atoms with van der Waals surface area (Å²) in [5, 5.41) is 18.4. The Morgan fingerprint density at radius 1 is 1.32 bits per heavy atom. The number of aliphatic carboxylic acids is 1. The summed E-state index contributed by atoms with van der Waals surface area (Å²) in [4.78, 5) is 25.1. The predicted octanol–water partition coefficient (Wildman–Crippen LogP) is 2.54. The maximum absolute atomic E-state index is 12.8. The number of carbonyl (C=O) groups is 2. The minimum Gasteiger partial charge on any atom is -0.508 e. The molecule has 1 amide bonds. The summed E-state index contributed by atoms with van der Waals surface area (Å²) in [6.45, 7) is 4.07. The summed E-state index contributed by atoms with van der Waals surface area (Å²) in [6, 6.07) is 4.61. The highest BCUT2D eigenvalue weighted by Gasteiger charge is 2.45. The number of ether oxygens (including phenoxy) is 1. The Morgan fingerprint density at radius 2 is 2.00 bits per heavy atom. The zero-order valence-corrected chi connectivity index (χ0v) is 12.8. The molecule has 1 aliphatic heterocycles. The molecule has 6 nitrogen and oxygen atoms in total. The van der Waals surface area contributed by atoms with Gasteiger partial charge in [-0.05, 0) is 31.4 Å². The number of amides is 1. The standard InChI is InChI=1S/C16H21NO5/c1-3-16(4-2)15(21)17(9-5-6-14(19)20)12-8-7-11(18)10-13(12)22-16/h7-8,10,18H,3-6,9H2,1-2H3,(H,19,20). The van der Waals surface area contributed by atoms with Gasteiger partial charge < -0.3 is 19.8 Å². The summed E-state index contributed by atoms with van der Waals surface area (Å²) in [5.41, 5.74) is -0.380. The minimum atomic E-state index is -0.954. The number of anilines is 1. The van der Waals surface area contributed by atoms with Gasteiger partial charge in [0.1, 0.15) is 11.5 Å². The molecule has 0 unspecified atom stereocenters. The number of nitrogens with zero attached hydrogens (tertiary/aromatic N) is 1. The fourth-order valence-corrected chi connectivity index (χ4v) is 2.72. The van der Waals surface area contributed by atoms with Crippen molar-refractivity contribution in [2.75, 3.05) is 11.4 Å². The Balaban J connectivity index is 2.36. The van der Waals surface area contributed by atoms with Gasteiger partial charge in [0.05, 0.1) is 5.69 Å². The second-order valence-corrected chi connectivity index (χ2v) is 5.41. The molecule has 1 aromatic rings. The molecule has 0 aliphatic carbocycles. The zero-order chi connectivity index (χ0) is 16.3. The van der Waals surface area contributed by atoms with Crippen LogP contribution < -0.4 is 9.64 Å². The van der Waals surface area contributed by atoms with Crippen molar-refractivity contribution >= 4 is 17.6 Å². The molecule has 0 bridgehead atoms. The maximum atomic E-state index is 12.8. The van der Waals surface area contributed by atoms with E-state index in [0.29, 0.717) is 37.2 Å². The topological polar surface area (TPSA) is 87.1 Å². The highest BCUT2D eigenvalue weighted by molar-refractivity contribution is 6.03. The van der Waals surface area contributed by atoms with E-state index in [1.54, 1.807) is 11.0 Å². The molecule has 0 aromatic heterocycles. The lowest BCUT2D eigenvalue weighted by atomic mass is 9.92. The van der Waals surface area contributed by atoms with Crippen LogP contribution in [0.3, 0.4) is 0 Å². The van der Waals surface area contributed by atoms with E-state index >= 15 is 0 Å². The molecule has 0 spiro atoms. The molecule has 6 heteroatoms. The molecule has 2 rings (SSSR count). The summed E-state index contributed by atoms with van der Waals surface area (Å²) in [7, 11) is 0. The third-order valence-electron chi connectivity index (χ3n) is 4.09. The summed E-state index contributed by atoms with van der Waals surface area (Å²) in [6.07, 6.45) is 1.38. The van der Waals surface area contributed by atoms with E-state index < -0.39 is 11.6 Å². The van der Waals surface area contributed by atoms with Crippen LogP contribution in [0.1, 0.15) is 39.5 Å². The highest BCUT2D eigenvalue weighted by Crippen LogP contribution is 2.42. The van der Waals surface area contributed by atoms with Crippen molar-refractivity contribution in [2.24, 2.45) is 0 Å². The number of carbonyl (C=O) groups excluding carboxylic acids is 1. The van der Waals surface area contributed by atoms with Crippen LogP contribution in [0.5, 0.6) is 11.5 Å². The Kier molecular flexibility index (Phi) is 4.59. The first-order valence-electron chi connectivity index (χ1n) is 7.49. The number of rotatable bonds is 6. The number of benzene rings is 1. The Bertz CT molecular complexity index is 580. The molecular formula is C16H21NO5. The first-order valence-corrected chi connectivity index (χ1v) is 7.49.